The minimum absolute atomic E-state index is 0.257. The van der Waals surface area contributed by atoms with Crippen LogP contribution < -0.4 is 10.9 Å². The first-order valence-corrected chi connectivity index (χ1v) is 12.0. The Hall–Kier alpha value is -3.85. The molecule has 0 aliphatic carbocycles. The highest BCUT2D eigenvalue weighted by molar-refractivity contribution is 8.27. The Balaban J connectivity index is 1.69. The molecule has 1 aliphatic rings. The van der Waals surface area contributed by atoms with E-state index in [1.807, 2.05) is 48.0 Å². The fraction of sp³-hybridized carbons (Fsp3) is 0.0323. The largest absolute Gasteiger partial charge is 0.275 e. The lowest BCUT2D eigenvalue weighted by Gasteiger charge is -2.15. The van der Waals surface area contributed by atoms with E-state index in [9.17, 15) is 0 Å². The fourth-order valence-electron chi connectivity index (χ4n) is 3.77. The molecule has 0 unspecified atom stereocenters. The van der Waals surface area contributed by atoms with E-state index < -0.39 is 0 Å². The van der Waals surface area contributed by atoms with Gasteiger partial charge in [0.15, 0.2) is 0 Å². The van der Waals surface area contributed by atoms with Crippen LogP contribution >= 0.6 is 11.6 Å². The van der Waals surface area contributed by atoms with Gasteiger partial charge in [0.2, 0.25) is 0 Å². The Bertz CT molecular complexity index is 1390. The zero-order chi connectivity index (χ0) is 23.0. The van der Waals surface area contributed by atoms with Gasteiger partial charge in [-0.15, -0.1) is 0 Å². The summed E-state index contributed by atoms with van der Waals surface area (Å²) in [6.45, 7) is 7.54. The van der Waals surface area contributed by atoms with Gasteiger partial charge in [-0.3, -0.25) is 0 Å². The van der Waals surface area contributed by atoms with Crippen LogP contribution in [0.4, 0.5) is 0 Å². The Morgan fingerprint density at radius 2 is 1.39 bits per heavy atom. The summed E-state index contributed by atoms with van der Waals surface area (Å²) >= 11 is 1.85. The zero-order valence-corrected chi connectivity index (χ0v) is 19.5. The summed E-state index contributed by atoms with van der Waals surface area (Å²) in [6, 6.07) is 23.1. The van der Waals surface area contributed by atoms with Crippen molar-refractivity contribution >= 4 is 40.7 Å². The third kappa shape index (κ3) is 5.32. The van der Waals surface area contributed by atoms with Crippen molar-refractivity contribution in [2.45, 2.75) is 0 Å². The van der Waals surface area contributed by atoms with Gasteiger partial charge in [-0.1, -0.05) is 102 Å². The molecule has 0 spiro atoms. The first kappa shape index (κ1) is 22.4. The van der Waals surface area contributed by atoms with Crippen molar-refractivity contribution < 1.29 is 0 Å². The number of benzene rings is 3. The molecule has 33 heavy (non-hydrogen) atoms. The highest BCUT2D eigenvalue weighted by Gasteiger charge is 2.25. The van der Waals surface area contributed by atoms with E-state index >= 15 is 0 Å². The lowest BCUT2D eigenvalue weighted by atomic mass is 9.59. The number of hydrogen-bond donors (Lipinski definition) is 0. The van der Waals surface area contributed by atoms with E-state index in [1.165, 1.54) is 22.1 Å². The quantitative estimate of drug-likeness (QED) is 0.288. The van der Waals surface area contributed by atoms with Gasteiger partial charge in [-0.2, -0.15) is 0 Å². The van der Waals surface area contributed by atoms with E-state index in [-0.39, 0.29) is 5.99 Å². The molecule has 0 atom stereocenters. The first-order valence-electron chi connectivity index (χ1n) is 10.7. The Morgan fingerprint density at radius 3 is 1.97 bits per heavy atom. The van der Waals surface area contributed by atoms with Crippen LogP contribution in [0.3, 0.4) is 0 Å². The second-order valence-electron chi connectivity index (χ2n) is 7.56. The molecule has 3 aromatic carbocycles. The van der Waals surface area contributed by atoms with E-state index in [0.717, 1.165) is 22.3 Å². The van der Waals surface area contributed by atoms with Gasteiger partial charge in [0.25, 0.3) is 5.99 Å². The highest BCUT2D eigenvalue weighted by Crippen LogP contribution is 2.19. The maximum atomic E-state index is 3.81. The van der Waals surface area contributed by atoms with Crippen molar-refractivity contribution in [3.63, 3.8) is 0 Å². The van der Waals surface area contributed by atoms with Crippen molar-refractivity contribution in [2.24, 2.45) is 0 Å². The predicted molar refractivity (Wildman–Crippen MR) is 148 cm³/mol. The van der Waals surface area contributed by atoms with Crippen molar-refractivity contribution in [3.8, 4) is 23.7 Å². The average molecular weight is 438 g/mol. The molecule has 0 bridgehead atoms. The summed E-state index contributed by atoms with van der Waals surface area (Å²) in [5, 5.41) is 0. The third-order valence-electron chi connectivity index (χ3n) is 5.41. The molecule has 1 aliphatic heterocycles. The monoisotopic (exact) mass is 438 g/mol. The second-order valence-corrected chi connectivity index (χ2v) is 8.51. The van der Waals surface area contributed by atoms with E-state index in [1.54, 1.807) is 12.2 Å². The molecule has 0 aromatic heterocycles. The molecule has 156 valence electrons. The fourth-order valence-corrected chi connectivity index (χ4v) is 4.71. The summed E-state index contributed by atoms with van der Waals surface area (Å²) in [6.07, 6.45) is 11.9. The number of rotatable bonds is 3. The molecule has 2 heteroatoms. The Morgan fingerprint density at radius 1 is 0.788 bits per heavy atom. The SMILES string of the molecule is C=C/C=C(/C#Cc1ccc2c(c1)C=Cc1cc(C#Cc3ccccc3)ccc1B2SC)C=C. The van der Waals surface area contributed by atoms with E-state index in [2.05, 4.69) is 91.6 Å². The van der Waals surface area contributed by atoms with Crippen LogP contribution in [0.5, 0.6) is 0 Å². The summed E-state index contributed by atoms with van der Waals surface area (Å²) in [4.78, 5) is 0. The predicted octanol–water partition coefficient (Wildman–Crippen LogP) is 5.69. The first-order chi connectivity index (χ1) is 16.2. The summed E-state index contributed by atoms with van der Waals surface area (Å²) in [7, 11) is 0. The van der Waals surface area contributed by atoms with Crippen LogP contribution in [0.15, 0.2) is 104 Å². The van der Waals surface area contributed by atoms with Gasteiger partial charge in [0, 0.05) is 22.3 Å². The molecule has 0 saturated carbocycles. The Kier molecular flexibility index (Phi) is 7.21. The van der Waals surface area contributed by atoms with Crippen molar-refractivity contribution in [1.29, 1.82) is 0 Å². The van der Waals surface area contributed by atoms with Crippen molar-refractivity contribution in [3.05, 3.63) is 132 Å². The Labute approximate surface area is 201 Å². The molecule has 1 heterocycles. The molecule has 0 fully saturated rings. The summed E-state index contributed by atoms with van der Waals surface area (Å²) in [5.74, 6) is 13.2. The molecular weight excluding hydrogens is 415 g/mol. The van der Waals surface area contributed by atoms with Crippen LogP contribution in [0.1, 0.15) is 27.8 Å². The van der Waals surface area contributed by atoms with Gasteiger partial charge >= 0.3 is 0 Å². The standard InChI is InChI=1S/C31H23BS/c1-4-9-24(5-2)12-14-26-16-20-30-28(22-26)18-19-29-23-27(17-21-31(29)32(30)33-3)15-13-25-10-7-6-8-11-25/h4-11,16-23H,1-2H2,3H3/b24-9+. The lowest BCUT2D eigenvalue weighted by molar-refractivity contribution is 1.62. The molecule has 4 rings (SSSR count). The average Bonchev–Trinajstić information content (AvgIpc) is 3.01. The molecule has 3 aromatic rings. The van der Waals surface area contributed by atoms with Crippen LogP contribution in [0.25, 0.3) is 12.2 Å². The molecule has 0 amide bonds. The molecule has 0 radical (unpaired) electrons. The van der Waals surface area contributed by atoms with Crippen LogP contribution in [-0.4, -0.2) is 12.2 Å². The van der Waals surface area contributed by atoms with E-state index in [4.69, 9.17) is 0 Å². The zero-order valence-electron chi connectivity index (χ0n) is 18.6. The second kappa shape index (κ2) is 10.6. The summed E-state index contributed by atoms with van der Waals surface area (Å²) < 4.78 is 0. The van der Waals surface area contributed by atoms with Gasteiger partial charge in [-0.05, 0) is 59.9 Å². The molecule has 0 nitrogen and oxygen atoms in total. The van der Waals surface area contributed by atoms with Crippen molar-refractivity contribution in [2.75, 3.05) is 6.26 Å². The summed E-state index contributed by atoms with van der Waals surface area (Å²) in [5.41, 5.74) is 8.90. The number of allylic oxidation sites excluding steroid dienone is 4. The van der Waals surface area contributed by atoms with Crippen LogP contribution in [0, 0.1) is 23.7 Å². The van der Waals surface area contributed by atoms with Gasteiger partial charge in [-0.25, -0.2) is 11.6 Å². The van der Waals surface area contributed by atoms with Crippen LogP contribution in [0.2, 0.25) is 0 Å². The topological polar surface area (TPSA) is 0 Å². The number of hydrogen-bond acceptors (Lipinski definition) is 1. The smallest absolute Gasteiger partial charge is 0.200 e. The lowest BCUT2D eigenvalue weighted by Crippen LogP contribution is -2.41. The van der Waals surface area contributed by atoms with E-state index in [0.29, 0.717) is 0 Å². The normalized spacial score (nSPS) is 11.7. The maximum Gasteiger partial charge on any atom is 0.275 e. The van der Waals surface area contributed by atoms with Gasteiger partial charge < -0.3 is 0 Å². The third-order valence-corrected chi connectivity index (χ3v) is 6.39. The number of fused-ring (bicyclic) bond motifs is 2. The maximum absolute atomic E-state index is 3.81. The van der Waals surface area contributed by atoms with Crippen molar-refractivity contribution in [1.82, 2.24) is 0 Å². The van der Waals surface area contributed by atoms with Gasteiger partial charge in [0.05, 0.1) is 0 Å². The highest BCUT2D eigenvalue weighted by atomic mass is 32.2. The molecular formula is C31H23BS. The van der Waals surface area contributed by atoms with Gasteiger partial charge in [0.1, 0.15) is 0 Å². The minimum Gasteiger partial charge on any atom is -0.200 e. The molecule has 0 N–H and O–H groups in total. The molecule has 0 saturated heterocycles. The van der Waals surface area contributed by atoms with Crippen LogP contribution in [-0.2, 0) is 0 Å². The minimum atomic E-state index is 0.257.